The van der Waals surface area contributed by atoms with Crippen LogP contribution >= 0.6 is 36.6 Å². The molecule has 0 aromatic carbocycles. The third-order valence-corrected chi connectivity index (χ3v) is 6.12. The Bertz CT molecular complexity index is 830. The fourth-order valence-corrected chi connectivity index (χ4v) is 4.67. The first-order valence-electron chi connectivity index (χ1n) is 9.09. The lowest BCUT2D eigenvalue weighted by Crippen LogP contribution is -2.29. The Labute approximate surface area is 176 Å². The zero-order valence-electron chi connectivity index (χ0n) is 15.4. The molecule has 0 bridgehead atoms. The van der Waals surface area contributed by atoms with Crippen molar-refractivity contribution in [3.8, 4) is 0 Å². The summed E-state index contributed by atoms with van der Waals surface area (Å²) in [5.74, 6) is 0.843. The first-order chi connectivity index (χ1) is 12.2. The molecule has 27 heavy (non-hydrogen) atoms. The van der Waals surface area contributed by atoms with Crippen molar-refractivity contribution in [1.29, 1.82) is 0 Å². The molecule has 8 heteroatoms. The molecule has 1 saturated heterocycles. The van der Waals surface area contributed by atoms with Crippen LogP contribution in [-0.4, -0.2) is 34.9 Å². The highest BCUT2D eigenvalue weighted by molar-refractivity contribution is 8.04. The van der Waals surface area contributed by atoms with Crippen molar-refractivity contribution in [2.45, 2.75) is 37.6 Å². The van der Waals surface area contributed by atoms with Gasteiger partial charge in [-0.15, -0.1) is 24.8 Å². The number of halogens is 2. The summed E-state index contributed by atoms with van der Waals surface area (Å²) >= 11 is 1.52. The fourth-order valence-electron chi connectivity index (χ4n) is 3.68. The van der Waals surface area contributed by atoms with Crippen molar-refractivity contribution in [2.75, 3.05) is 19.6 Å². The number of aromatic nitrogens is 2. The maximum atomic E-state index is 12.6. The molecule has 5 nitrogen and oxygen atoms in total. The van der Waals surface area contributed by atoms with Gasteiger partial charge in [0, 0.05) is 6.54 Å². The number of pyridine rings is 1. The average Bonchev–Trinajstić information content (AvgIpc) is 2.97. The Kier molecular flexibility index (Phi) is 8.04. The van der Waals surface area contributed by atoms with Gasteiger partial charge >= 0.3 is 0 Å². The molecule has 2 N–H and O–H groups in total. The molecule has 0 unspecified atom stereocenters. The zero-order chi connectivity index (χ0) is 17.2. The molecule has 4 heterocycles. The van der Waals surface area contributed by atoms with Crippen LogP contribution in [0.4, 0.5) is 0 Å². The second-order valence-electron chi connectivity index (χ2n) is 6.84. The fraction of sp³-hybridized carbons (Fsp3) is 0.474. The Balaban J connectivity index is 0.00000131. The summed E-state index contributed by atoms with van der Waals surface area (Å²) in [6.45, 7) is 5.02. The maximum absolute atomic E-state index is 12.6. The van der Waals surface area contributed by atoms with E-state index in [4.69, 9.17) is 0 Å². The van der Waals surface area contributed by atoms with E-state index >= 15 is 0 Å². The van der Waals surface area contributed by atoms with Crippen molar-refractivity contribution in [2.24, 2.45) is 5.92 Å². The van der Waals surface area contributed by atoms with Gasteiger partial charge in [0.1, 0.15) is 5.65 Å². The monoisotopic (exact) mass is 428 g/mol. The van der Waals surface area contributed by atoms with Crippen molar-refractivity contribution in [1.82, 2.24) is 20.0 Å². The Morgan fingerprint density at radius 2 is 2.11 bits per heavy atom. The molecular formula is C19H26Cl2N4OS. The molecule has 1 fully saturated rings. The topological polar surface area (TPSA) is 58.4 Å². The summed E-state index contributed by atoms with van der Waals surface area (Å²) in [6.07, 6.45) is 6.76. The van der Waals surface area contributed by atoms with Gasteiger partial charge in [-0.25, -0.2) is 4.98 Å². The second-order valence-corrected chi connectivity index (χ2v) is 7.90. The van der Waals surface area contributed by atoms with E-state index < -0.39 is 0 Å². The van der Waals surface area contributed by atoms with E-state index in [1.54, 1.807) is 0 Å². The average molecular weight is 429 g/mol. The van der Waals surface area contributed by atoms with E-state index in [1.165, 1.54) is 31.0 Å². The molecule has 1 amide bonds. The van der Waals surface area contributed by atoms with Crippen LogP contribution in [0.1, 0.15) is 37.1 Å². The van der Waals surface area contributed by atoms with Crippen LogP contribution in [-0.2, 0) is 4.79 Å². The molecule has 4 rings (SSSR count). The lowest BCUT2D eigenvalue weighted by atomic mass is 9.93. The highest BCUT2D eigenvalue weighted by atomic mass is 35.5. The Hall–Kier alpha value is -1.21. The number of piperidine rings is 1. The molecule has 0 atom stereocenters. The molecule has 2 aliphatic rings. The van der Waals surface area contributed by atoms with Gasteiger partial charge in [-0.1, -0.05) is 17.8 Å². The summed E-state index contributed by atoms with van der Waals surface area (Å²) in [6, 6.07) is 6.04. The van der Waals surface area contributed by atoms with Crippen LogP contribution in [0.3, 0.4) is 0 Å². The summed E-state index contributed by atoms with van der Waals surface area (Å²) in [4.78, 5) is 17.9. The first kappa shape index (κ1) is 22.1. The molecule has 0 spiro atoms. The van der Waals surface area contributed by atoms with Crippen molar-refractivity contribution in [3.63, 3.8) is 0 Å². The minimum Gasteiger partial charge on any atom is -0.352 e. The smallest absolute Gasteiger partial charge is 0.258 e. The van der Waals surface area contributed by atoms with Crippen LogP contribution in [0, 0.1) is 12.8 Å². The minimum atomic E-state index is 0. The number of carbonyl (C=O) groups excluding carboxylic acids is 1. The van der Waals surface area contributed by atoms with E-state index in [1.807, 2.05) is 31.2 Å². The molecule has 0 aliphatic carbocycles. The number of aryl methyl sites for hydroxylation is 1. The number of nitrogens with zero attached hydrogens (tertiary/aromatic N) is 2. The molecule has 0 radical (unpaired) electrons. The number of amides is 1. The van der Waals surface area contributed by atoms with Crippen molar-refractivity contribution < 1.29 is 4.79 Å². The second kappa shape index (κ2) is 9.82. The third kappa shape index (κ3) is 4.80. The molecular weight excluding hydrogens is 403 g/mol. The van der Waals surface area contributed by atoms with Crippen LogP contribution in [0.5, 0.6) is 0 Å². The number of imidazole rings is 1. The van der Waals surface area contributed by atoms with Crippen LogP contribution in [0.25, 0.3) is 11.7 Å². The van der Waals surface area contributed by atoms with Crippen molar-refractivity contribution in [3.05, 3.63) is 34.5 Å². The summed E-state index contributed by atoms with van der Waals surface area (Å²) < 4.78 is 2.12. The number of nitrogens with one attached hydrogen (secondary N) is 2. The third-order valence-electron chi connectivity index (χ3n) is 5.07. The SMILES string of the molecule is Cc1nc2cccc3n2c1C=C(C(=O)NCCCC1CCNCC1)S3.Cl.Cl. The molecule has 0 saturated carbocycles. The van der Waals surface area contributed by atoms with Gasteiger partial charge in [-0.05, 0) is 69.8 Å². The van der Waals surface area contributed by atoms with E-state index in [0.717, 1.165) is 58.9 Å². The highest BCUT2D eigenvalue weighted by Crippen LogP contribution is 2.35. The summed E-state index contributed by atoms with van der Waals surface area (Å²) in [7, 11) is 0. The molecule has 148 valence electrons. The minimum absolute atomic E-state index is 0. The number of hydrogen-bond donors (Lipinski definition) is 2. The van der Waals surface area contributed by atoms with Crippen LogP contribution in [0.2, 0.25) is 0 Å². The Morgan fingerprint density at radius 3 is 2.89 bits per heavy atom. The van der Waals surface area contributed by atoms with Crippen molar-refractivity contribution >= 4 is 54.2 Å². The van der Waals surface area contributed by atoms with Gasteiger partial charge in [0.25, 0.3) is 5.91 Å². The molecule has 2 aliphatic heterocycles. The Morgan fingerprint density at radius 1 is 1.33 bits per heavy atom. The predicted octanol–water partition coefficient (Wildman–Crippen LogP) is 3.83. The van der Waals surface area contributed by atoms with Gasteiger partial charge < -0.3 is 10.6 Å². The normalized spacial score (nSPS) is 16.3. The van der Waals surface area contributed by atoms with Gasteiger partial charge in [0.05, 0.1) is 21.3 Å². The lowest BCUT2D eigenvalue weighted by Gasteiger charge is -2.22. The van der Waals surface area contributed by atoms with Gasteiger partial charge in [0.15, 0.2) is 0 Å². The van der Waals surface area contributed by atoms with Gasteiger partial charge in [0.2, 0.25) is 0 Å². The van der Waals surface area contributed by atoms with E-state index in [0.29, 0.717) is 0 Å². The number of carbonyl (C=O) groups is 1. The van der Waals surface area contributed by atoms with Crippen LogP contribution in [0.15, 0.2) is 28.1 Å². The number of thioether (sulfide) groups is 1. The summed E-state index contributed by atoms with van der Waals surface area (Å²) in [5, 5.41) is 7.54. The standard InChI is InChI=1S/C19H24N4OS.2ClH/c1-13-15-12-16(25-18-6-2-5-17(22-13)23(15)18)19(24)21-9-3-4-14-7-10-20-11-8-14;;/h2,5-6,12,14,20H,3-4,7-11H2,1H3,(H,21,24);2*1H. The number of hydrogen-bond acceptors (Lipinski definition) is 4. The van der Waals surface area contributed by atoms with Crippen LogP contribution < -0.4 is 10.6 Å². The predicted molar refractivity (Wildman–Crippen MR) is 116 cm³/mol. The lowest BCUT2D eigenvalue weighted by molar-refractivity contribution is -0.116. The summed E-state index contributed by atoms with van der Waals surface area (Å²) in [5.41, 5.74) is 2.92. The number of rotatable bonds is 5. The van der Waals surface area contributed by atoms with E-state index in [-0.39, 0.29) is 30.7 Å². The molecule has 2 aromatic heterocycles. The zero-order valence-corrected chi connectivity index (χ0v) is 17.8. The largest absolute Gasteiger partial charge is 0.352 e. The highest BCUT2D eigenvalue weighted by Gasteiger charge is 2.21. The first-order valence-corrected chi connectivity index (χ1v) is 9.90. The van der Waals surface area contributed by atoms with Gasteiger partial charge in [-0.3, -0.25) is 9.20 Å². The maximum Gasteiger partial charge on any atom is 0.258 e. The van der Waals surface area contributed by atoms with Gasteiger partial charge in [-0.2, -0.15) is 0 Å². The quantitative estimate of drug-likeness (QED) is 0.710. The van der Waals surface area contributed by atoms with E-state index in [9.17, 15) is 4.79 Å². The van der Waals surface area contributed by atoms with E-state index in [2.05, 4.69) is 20.0 Å². The molecule has 2 aromatic rings.